The van der Waals surface area contributed by atoms with Gasteiger partial charge in [-0.3, -0.25) is 0 Å². The Hall–Kier alpha value is -3.22. The molecule has 0 atom stereocenters. The zero-order chi connectivity index (χ0) is 23.3. The molecule has 7 heteroatoms. The number of ether oxygens (including phenoxy) is 1. The van der Waals surface area contributed by atoms with Gasteiger partial charge in [-0.05, 0) is 56.0 Å². The number of rotatable bonds is 8. The fraction of sp³-hybridized carbons (Fsp3) is 0.417. The van der Waals surface area contributed by atoms with Gasteiger partial charge in [-0.15, -0.1) is 0 Å². The lowest BCUT2D eigenvalue weighted by Crippen LogP contribution is -2.33. The normalized spacial score (nSPS) is 12.2. The maximum atomic E-state index is 11.0. The Labute approximate surface area is 183 Å². The Kier molecular flexibility index (Phi) is 7.55. The van der Waals surface area contributed by atoms with Gasteiger partial charge in [0.05, 0.1) is 0 Å². The number of aromatic carboxylic acids is 1. The molecule has 0 aliphatic rings. The summed E-state index contributed by atoms with van der Waals surface area (Å²) in [7, 11) is 0. The van der Waals surface area contributed by atoms with Crippen LogP contribution in [0.4, 0.5) is 5.69 Å². The smallest absolute Gasteiger partial charge is 0.339 e. The minimum atomic E-state index is -1.22. The second-order valence-electron chi connectivity index (χ2n) is 8.68. The molecular formula is C24H32N2O5. The first-order chi connectivity index (χ1) is 14.5. The molecule has 0 bridgehead atoms. The summed E-state index contributed by atoms with van der Waals surface area (Å²) in [5.74, 6) is -1.34. The van der Waals surface area contributed by atoms with Crippen LogP contribution < -0.4 is 9.64 Å². The van der Waals surface area contributed by atoms with E-state index in [-0.39, 0.29) is 29.1 Å². The highest BCUT2D eigenvalue weighted by atomic mass is 16.5. The van der Waals surface area contributed by atoms with Gasteiger partial charge in [0, 0.05) is 29.9 Å². The van der Waals surface area contributed by atoms with Gasteiger partial charge in [0.25, 0.3) is 0 Å². The number of aromatic hydroxyl groups is 1. The second kappa shape index (κ2) is 9.73. The van der Waals surface area contributed by atoms with Crippen molar-refractivity contribution >= 4 is 17.4 Å². The predicted molar refractivity (Wildman–Crippen MR) is 122 cm³/mol. The quantitative estimate of drug-likeness (QED) is 0.315. The number of oxime groups is 1. The van der Waals surface area contributed by atoms with Crippen molar-refractivity contribution in [3.63, 3.8) is 0 Å². The average molecular weight is 429 g/mol. The van der Waals surface area contributed by atoms with Gasteiger partial charge < -0.3 is 25.1 Å². The van der Waals surface area contributed by atoms with Crippen molar-refractivity contribution < 1.29 is 25.0 Å². The molecule has 2 aromatic carbocycles. The SMILES string of the molecule is CCN(c1ccc(/C(COc2ccc(C(=O)O)c(O)c2)=N/O)cc1C(C)(C)C)C(C)C. The predicted octanol–water partition coefficient (Wildman–Crippen LogP) is 4.88. The molecule has 7 nitrogen and oxygen atoms in total. The lowest BCUT2D eigenvalue weighted by atomic mass is 9.83. The Morgan fingerprint density at radius 2 is 1.84 bits per heavy atom. The molecule has 0 fully saturated rings. The average Bonchev–Trinajstić information content (AvgIpc) is 2.68. The van der Waals surface area contributed by atoms with Crippen molar-refractivity contribution in [2.45, 2.75) is 53.0 Å². The van der Waals surface area contributed by atoms with Crippen LogP contribution in [0.3, 0.4) is 0 Å². The summed E-state index contributed by atoms with van der Waals surface area (Å²) in [4.78, 5) is 13.3. The first kappa shape index (κ1) is 24.1. The minimum absolute atomic E-state index is 0.0487. The fourth-order valence-corrected chi connectivity index (χ4v) is 3.48. The number of phenols is 1. The van der Waals surface area contributed by atoms with E-state index in [4.69, 9.17) is 9.84 Å². The zero-order valence-corrected chi connectivity index (χ0v) is 19.0. The number of carbonyl (C=O) groups is 1. The molecule has 0 aliphatic heterocycles. The highest BCUT2D eigenvalue weighted by Gasteiger charge is 2.23. The maximum Gasteiger partial charge on any atom is 0.339 e. The fourth-order valence-electron chi connectivity index (χ4n) is 3.48. The third-order valence-corrected chi connectivity index (χ3v) is 5.11. The largest absolute Gasteiger partial charge is 0.507 e. The van der Waals surface area contributed by atoms with E-state index in [1.165, 1.54) is 18.2 Å². The summed E-state index contributed by atoms with van der Waals surface area (Å²) in [6.07, 6.45) is 0. The molecule has 0 amide bonds. The van der Waals surface area contributed by atoms with Gasteiger partial charge in [0.15, 0.2) is 0 Å². The first-order valence-corrected chi connectivity index (χ1v) is 10.3. The first-order valence-electron chi connectivity index (χ1n) is 10.3. The Morgan fingerprint density at radius 3 is 2.32 bits per heavy atom. The Balaban J connectivity index is 2.33. The van der Waals surface area contributed by atoms with Crippen LogP contribution in [0.2, 0.25) is 0 Å². The summed E-state index contributed by atoms with van der Waals surface area (Å²) in [6, 6.07) is 10.2. The summed E-state index contributed by atoms with van der Waals surface area (Å²) in [5.41, 5.74) is 2.98. The molecule has 3 N–H and O–H groups in total. The van der Waals surface area contributed by atoms with E-state index in [1.807, 2.05) is 18.2 Å². The molecular weight excluding hydrogens is 396 g/mol. The van der Waals surface area contributed by atoms with Crippen LogP contribution in [0.5, 0.6) is 11.5 Å². The van der Waals surface area contributed by atoms with Gasteiger partial charge in [-0.25, -0.2) is 4.79 Å². The van der Waals surface area contributed by atoms with E-state index in [0.717, 1.165) is 23.4 Å². The topological polar surface area (TPSA) is 103 Å². The third-order valence-electron chi connectivity index (χ3n) is 5.11. The van der Waals surface area contributed by atoms with E-state index >= 15 is 0 Å². The third kappa shape index (κ3) is 5.69. The highest BCUT2D eigenvalue weighted by molar-refractivity contribution is 6.02. The van der Waals surface area contributed by atoms with E-state index < -0.39 is 5.97 Å². The molecule has 0 unspecified atom stereocenters. The van der Waals surface area contributed by atoms with Gasteiger partial charge in [0.1, 0.15) is 29.4 Å². The van der Waals surface area contributed by atoms with Gasteiger partial charge in [-0.2, -0.15) is 0 Å². The summed E-state index contributed by atoms with van der Waals surface area (Å²) >= 11 is 0. The number of benzene rings is 2. The lowest BCUT2D eigenvalue weighted by molar-refractivity contribution is 0.0693. The van der Waals surface area contributed by atoms with Gasteiger partial charge in [0.2, 0.25) is 0 Å². The summed E-state index contributed by atoms with van der Waals surface area (Å²) in [6.45, 7) is 13.7. The second-order valence-corrected chi connectivity index (χ2v) is 8.68. The Bertz CT molecular complexity index is 961. The number of hydrogen-bond donors (Lipinski definition) is 3. The molecule has 2 aromatic rings. The standard InChI is InChI=1S/C24H32N2O5/c1-7-26(15(2)3)21-11-8-16(12-19(21)24(4,5)6)20(25-30)14-31-17-9-10-18(23(28)29)22(27)13-17/h8-13,15,27,30H,7,14H2,1-6H3,(H,28,29)/b25-20+. The van der Waals surface area contributed by atoms with Crippen LogP contribution in [-0.2, 0) is 5.41 Å². The zero-order valence-electron chi connectivity index (χ0n) is 19.0. The lowest BCUT2D eigenvalue weighted by Gasteiger charge is -2.34. The van der Waals surface area contributed by atoms with Crippen LogP contribution in [-0.4, -0.2) is 46.3 Å². The number of anilines is 1. The number of nitrogens with zero attached hydrogens (tertiary/aromatic N) is 2. The molecule has 0 saturated heterocycles. The van der Waals surface area contributed by atoms with Crippen LogP contribution in [0, 0.1) is 0 Å². The molecule has 0 spiro atoms. The van der Waals surface area contributed by atoms with E-state index in [2.05, 4.69) is 51.6 Å². The van der Waals surface area contributed by atoms with Crippen LogP contribution in [0.15, 0.2) is 41.6 Å². The molecule has 2 rings (SSSR count). The van der Waals surface area contributed by atoms with Crippen LogP contribution in [0.25, 0.3) is 0 Å². The summed E-state index contributed by atoms with van der Waals surface area (Å²) in [5, 5.41) is 31.9. The monoisotopic (exact) mass is 428 g/mol. The Morgan fingerprint density at radius 1 is 1.16 bits per heavy atom. The van der Waals surface area contributed by atoms with E-state index in [9.17, 15) is 15.1 Å². The number of carboxylic acid groups (broad SMARTS) is 1. The van der Waals surface area contributed by atoms with Crippen molar-refractivity contribution in [2.75, 3.05) is 18.1 Å². The summed E-state index contributed by atoms with van der Waals surface area (Å²) < 4.78 is 5.64. The minimum Gasteiger partial charge on any atom is -0.507 e. The molecule has 31 heavy (non-hydrogen) atoms. The van der Waals surface area contributed by atoms with Crippen molar-refractivity contribution in [1.82, 2.24) is 0 Å². The van der Waals surface area contributed by atoms with Gasteiger partial charge in [-0.1, -0.05) is 32.0 Å². The van der Waals surface area contributed by atoms with E-state index in [1.54, 1.807) is 0 Å². The van der Waals surface area contributed by atoms with Crippen molar-refractivity contribution in [2.24, 2.45) is 5.16 Å². The van der Waals surface area contributed by atoms with Crippen molar-refractivity contribution in [3.05, 3.63) is 53.1 Å². The van der Waals surface area contributed by atoms with Crippen molar-refractivity contribution in [1.29, 1.82) is 0 Å². The number of carboxylic acids is 1. The van der Waals surface area contributed by atoms with Gasteiger partial charge >= 0.3 is 5.97 Å². The molecule has 0 heterocycles. The molecule has 0 radical (unpaired) electrons. The molecule has 0 saturated carbocycles. The van der Waals surface area contributed by atoms with Crippen molar-refractivity contribution in [3.8, 4) is 11.5 Å². The molecule has 0 aliphatic carbocycles. The highest BCUT2D eigenvalue weighted by Crippen LogP contribution is 2.34. The van der Waals surface area contributed by atoms with Crippen LogP contribution >= 0.6 is 0 Å². The van der Waals surface area contributed by atoms with Crippen LogP contribution in [0.1, 0.15) is 63.0 Å². The molecule has 0 aromatic heterocycles. The molecule has 168 valence electrons. The van der Waals surface area contributed by atoms with E-state index in [0.29, 0.717) is 11.8 Å². The number of hydrogen-bond acceptors (Lipinski definition) is 6. The maximum absolute atomic E-state index is 11.0.